The van der Waals surface area contributed by atoms with Crippen LogP contribution in [-0.4, -0.2) is 14.5 Å². The minimum absolute atomic E-state index is 0.809. The second-order valence-electron chi connectivity index (χ2n) is 4.62. The first-order chi connectivity index (χ1) is 8.66. The Kier molecular flexibility index (Phi) is 2.40. The molecule has 90 valence electrons. The molecule has 3 heteroatoms. The summed E-state index contributed by atoms with van der Waals surface area (Å²) < 4.78 is 2.14. The Hall–Kier alpha value is -2.16. The van der Waals surface area contributed by atoms with E-state index >= 15 is 0 Å². The van der Waals surface area contributed by atoms with Gasteiger partial charge in [0, 0.05) is 35.9 Å². The van der Waals surface area contributed by atoms with Crippen molar-refractivity contribution in [2.45, 2.75) is 13.8 Å². The van der Waals surface area contributed by atoms with Gasteiger partial charge in [-0.15, -0.1) is 0 Å². The second kappa shape index (κ2) is 3.95. The lowest BCUT2D eigenvalue weighted by Gasteiger charge is -2.04. The highest BCUT2D eigenvalue weighted by molar-refractivity contribution is 5.95. The summed E-state index contributed by atoms with van der Waals surface area (Å²) in [5.74, 6) is 0.809. The van der Waals surface area contributed by atoms with E-state index in [-0.39, 0.29) is 0 Å². The van der Waals surface area contributed by atoms with Gasteiger partial charge in [0.15, 0.2) is 0 Å². The maximum Gasteiger partial charge on any atom is 0.125 e. The summed E-state index contributed by atoms with van der Waals surface area (Å²) in [4.78, 5) is 8.82. The van der Waals surface area contributed by atoms with Gasteiger partial charge < -0.3 is 4.57 Å². The number of aromatic nitrogens is 3. The summed E-state index contributed by atoms with van der Waals surface area (Å²) in [5.41, 5.74) is 4.54. The molecule has 3 rings (SSSR count). The van der Waals surface area contributed by atoms with Crippen LogP contribution in [0.25, 0.3) is 22.2 Å². The predicted octanol–water partition coefficient (Wildman–Crippen LogP) is 3.25. The molecule has 2 aromatic heterocycles. The summed E-state index contributed by atoms with van der Waals surface area (Å²) in [5, 5.41) is 1.24. The zero-order valence-electron chi connectivity index (χ0n) is 10.8. The van der Waals surface area contributed by atoms with E-state index in [2.05, 4.69) is 59.0 Å². The molecule has 0 fully saturated rings. The predicted molar refractivity (Wildman–Crippen MR) is 73.4 cm³/mol. The van der Waals surface area contributed by atoms with Crippen LogP contribution in [0.1, 0.15) is 11.4 Å². The second-order valence-corrected chi connectivity index (χ2v) is 4.62. The maximum atomic E-state index is 4.58. The van der Waals surface area contributed by atoms with Gasteiger partial charge in [0.25, 0.3) is 0 Å². The van der Waals surface area contributed by atoms with Crippen molar-refractivity contribution in [3.05, 3.63) is 48.0 Å². The number of aryl methyl sites for hydroxylation is 3. The molecule has 18 heavy (non-hydrogen) atoms. The molecule has 0 saturated heterocycles. The van der Waals surface area contributed by atoms with E-state index in [1.807, 2.05) is 13.1 Å². The molecule has 0 radical (unpaired) electrons. The summed E-state index contributed by atoms with van der Waals surface area (Å²) >= 11 is 0. The molecule has 3 nitrogen and oxygen atoms in total. The van der Waals surface area contributed by atoms with Gasteiger partial charge in [-0.2, -0.15) is 0 Å². The Balaban J connectivity index is 2.35. The van der Waals surface area contributed by atoms with Crippen LogP contribution in [0.2, 0.25) is 0 Å². The summed E-state index contributed by atoms with van der Waals surface area (Å²) in [6.07, 6.45) is 4.03. The van der Waals surface area contributed by atoms with Crippen LogP contribution in [0.3, 0.4) is 0 Å². The monoisotopic (exact) mass is 237 g/mol. The smallest absolute Gasteiger partial charge is 0.125 e. The fourth-order valence-electron chi connectivity index (χ4n) is 2.33. The Morgan fingerprint density at radius 2 is 1.89 bits per heavy atom. The SMILES string of the molecule is Cc1ncc(C)c(-c2cn(C)c3ccccc23)n1. The van der Waals surface area contributed by atoms with Crippen molar-refractivity contribution in [2.75, 3.05) is 0 Å². The Bertz CT molecular complexity index is 726. The third-order valence-corrected chi connectivity index (χ3v) is 3.24. The van der Waals surface area contributed by atoms with E-state index < -0.39 is 0 Å². The van der Waals surface area contributed by atoms with Crippen molar-refractivity contribution in [1.29, 1.82) is 0 Å². The standard InChI is InChI=1S/C15H15N3/c1-10-8-16-11(2)17-15(10)13-9-18(3)14-7-5-4-6-12(13)14/h4-9H,1-3H3. The molecule has 0 aliphatic rings. The molecule has 0 aliphatic heterocycles. The fourth-order valence-corrected chi connectivity index (χ4v) is 2.33. The zero-order chi connectivity index (χ0) is 12.7. The van der Waals surface area contributed by atoms with Gasteiger partial charge in [-0.05, 0) is 25.5 Å². The molecule has 0 bridgehead atoms. The van der Waals surface area contributed by atoms with Crippen LogP contribution in [-0.2, 0) is 7.05 Å². The summed E-state index contributed by atoms with van der Waals surface area (Å²) in [6, 6.07) is 8.39. The van der Waals surface area contributed by atoms with Crippen LogP contribution in [0, 0.1) is 13.8 Å². The molecule has 2 heterocycles. The van der Waals surface area contributed by atoms with Crippen LogP contribution in [0.4, 0.5) is 0 Å². The first-order valence-electron chi connectivity index (χ1n) is 6.01. The van der Waals surface area contributed by atoms with Crippen LogP contribution >= 0.6 is 0 Å². The van der Waals surface area contributed by atoms with E-state index in [1.165, 1.54) is 16.5 Å². The third-order valence-electron chi connectivity index (χ3n) is 3.24. The van der Waals surface area contributed by atoms with Crippen LogP contribution < -0.4 is 0 Å². The first-order valence-corrected chi connectivity index (χ1v) is 6.01. The molecular formula is C15H15N3. The quantitative estimate of drug-likeness (QED) is 0.650. The first kappa shape index (κ1) is 11.0. The lowest BCUT2D eigenvalue weighted by Crippen LogP contribution is -1.93. The van der Waals surface area contributed by atoms with Crippen molar-refractivity contribution in [3.8, 4) is 11.3 Å². The van der Waals surface area contributed by atoms with Gasteiger partial charge in [0.2, 0.25) is 0 Å². The van der Waals surface area contributed by atoms with E-state index in [4.69, 9.17) is 0 Å². The number of hydrogen-bond donors (Lipinski definition) is 0. The summed E-state index contributed by atoms with van der Waals surface area (Å²) in [7, 11) is 2.06. The highest BCUT2D eigenvalue weighted by atomic mass is 14.9. The number of fused-ring (bicyclic) bond motifs is 1. The normalized spacial score (nSPS) is 11.1. The number of hydrogen-bond acceptors (Lipinski definition) is 2. The number of para-hydroxylation sites is 1. The molecule has 0 aliphatic carbocycles. The van der Waals surface area contributed by atoms with Crippen molar-refractivity contribution < 1.29 is 0 Å². The molecule has 0 amide bonds. The third kappa shape index (κ3) is 1.59. The molecule has 3 aromatic rings. The maximum absolute atomic E-state index is 4.58. The van der Waals surface area contributed by atoms with Crippen LogP contribution in [0.5, 0.6) is 0 Å². The minimum atomic E-state index is 0.809. The average molecular weight is 237 g/mol. The molecule has 0 saturated carbocycles. The molecule has 0 N–H and O–H groups in total. The van der Waals surface area contributed by atoms with Gasteiger partial charge >= 0.3 is 0 Å². The Morgan fingerprint density at radius 1 is 1.11 bits per heavy atom. The van der Waals surface area contributed by atoms with Crippen molar-refractivity contribution in [1.82, 2.24) is 14.5 Å². The molecule has 0 spiro atoms. The van der Waals surface area contributed by atoms with Gasteiger partial charge in [-0.1, -0.05) is 18.2 Å². The van der Waals surface area contributed by atoms with Crippen molar-refractivity contribution in [3.63, 3.8) is 0 Å². The molecule has 0 unspecified atom stereocenters. The van der Waals surface area contributed by atoms with Crippen molar-refractivity contribution in [2.24, 2.45) is 7.05 Å². The van der Waals surface area contributed by atoms with Gasteiger partial charge in [0.05, 0.1) is 5.69 Å². The Morgan fingerprint density at radius 3 is 2.72 bits per heavy atom. The lowest BCUT2D eigenvalue weighted by atomic mass is 10.1. The van der Waals surface area contributed by atoms with Gasteiger partial charge in [-0.25, -0.2) is 9.97 Å². The fraction of sp³-hybridized carbons (Fsp3) is 0.200. The largest absolute Gasteiger partial charge is 0.350 e. The van der Waals surface area contributed by atoms with E-state index in [1.54, 1.807) is 0 Å². The highest BCUT2D eigenvalue weighted by Crippen LogP contribution is 2.30. The Labute approximate surface area is 106 Å². The number of rotatable bonds is 1. The van der Waals surface area contributed by atoms with Gasteiger partial charge in [-0.3, -0.25) is 0 Å². The van der Waals surface area contributed by atoms with Crippen LogP contribution in [0.15, 0.2) is 36.7 Å². The molecule has 1 aromatic carbocycles. The minimum Gasteiger partial charge on any atom is -0.350 e. The lowest BCUT2D eigenvalue weighted by molar-refractivity contribution is 0.967. The van der Waals surface area contributed by atoms with E-state index in [0.29, 0.717) is 0 Å². The average Bonchev–Trinajstić information content (AvgIpc) is 2.71. The number of nitrogens with zero attached hydrogens (tertiary/aromatic N) is 3. The topological polar surface area (TPSA) is 30.7 Å². The molecule has 0 atom stereocenters. The van der Waals surface area contributed by atoms with Crippen molar-refractivity contribution >= 4 is 10.9 Å². The summed E-state index contributed by atoms with van der Waals surface area (Å²) in [6.45, 7) is 3.98. The zero-order valence-corrected chi connectivity index (χ0v) is 10.8. The number of benzene rings is 1. The highest BCUT2D eigenvalue weighted by Gasteiger charge is 2.11. The van der Waals surface area contributed by atoms with E-state index in [0.717, 1.165) is 17.1 Å². The molecular weight excluding hydrogens is 222 g/mol. The van der Waals surface area contributed by atoms with Gasteiger partial charge in [0.1, 0.15) is 5.82 Å². The van der Waals surface area contributed by atoms with E-state index in [9.17, 15) is 0 Å².